The van der Waals surface area contributed by atoms with Crippen LogP contribution in [0.25, 0.3) is 11.3 Å². The Bertz CT molecular complexity index is 994. The maximum Gasteiger partial charge on any atom is 0.231 e. The van der Waals surface area contributed by atoms with Gasteiger partial charge < -0.3 is 18.9 Å². The van der Waals surface area contributed by atoms with Gasteiger partial charge in [0.05, 0.1) is 12.8 Å². The van der Waals surface area contributed by atoms with Gasteiger partial charge in [0.25, 0.3) is 0 Å². The van der Waals surface area contributed by atoms with Gasteiger partial charge in [0.1, 0.15) is 18.1 Å². The highest BCUT2D eigenvalue weighted by Crippen LogP contribution is 2.36. The minimum absolute atomic E-state index is 0.247. The number of fused-ring (bicyclic) bond motifs is 1. The van der Waals surface area contributed by atoms with Crippen molar-refractivity contribution >= 4 is 0 Å². The maximum absolute atomic E-state index is 5.94. The first-order valence-corrected chi connectivity index (χ1v) is 9.90. The molecule has 0 unspecified atom stereocenters. The quantitative estimate of drug-likeness (QED) is 0.555. The van der Waals surface area contributed by atoms with Crippen molar-refractivity contribution < 1.29 is 18.9 Å². The molecule has 0 bridgehead atoms. The van der Waals surface area contributed by atoms with Crippen LogP contribution in [-0.4, -0.2) is 18.9 Å². The Hall–Kier alpha value is -3.21. The van der Waals surface area contributed by atoms with Gasteiger partial charge in [0, 0.05) is 29.5 Å². The summed E-state index contributed by atoms with van der Waals surface area (Å²) in [5, 5.41) is 0. The zero-order chi connectivity index (χ0) is 20.2. The Kier molecular flexibility index (Phi) is 5.56. The Balaban J connectivity index is 1.59. The summed E-state index contributed by atoms with van der Waals surface area (Å²) in [7, 11) is 1.68. The molecule has 29 heavy (non-hydrogen) atoms. The normalized spacial score (nSPS) is 12.1. The summed E-state index contributed by atoms with van der Waals surface area (Å²) in [4.78, 5) is 4.74. The number of methoxy groups -OCH3 is 1. The number of hydrogen-bond acceptors (Lipinski definition) is 5. The molecule has 5 nitrogen and oxygen atoms in total. The molecule has 2 aromatic carbocycles. The SMILES string of the molecule is CCc1cccc(CC)c1-c1cc(OC)c(COc2ccc3c(c2)OCO3)cn1. The first kappa shape index (κ1) is 19.1. The molecule has 0 saturated carbocycles. The fourth-order valence-electron chi connectivity index (χ4n) is 3.60. The number of nitrogens with zero attached hydrogens (tertiary/aromatic N) is 1. The van der Waals surface area contributed by atoms with E-state index in [1.165, 1.54) is 16.7 Å². The lowest BCUT2D eigenvalue weighted by molar-refractivity contribution is 0.173. The smallest absolute Gasteiger partial charge is 0.231 e. The molecule has 0 saturated heterocycles. The fraction of sp³-hybridized carbons (Fsp3) is 0.292. The van der Waals surface area contributed by atoms with Crippen LogP contribution in [0.5, 0.6) is 23.0 Å². The first-order chi connectivity index (χ1) is 14.2. The van der Waals surface area contributed by atoms with Crippen LogP contribution in [0.15, 0.2) is 48.7 Å². The summed E-state index contributed by atoms with van der Waals surface area (Å²) >= 11 is 0. The molecular weight excluding hydrogens is 366 g/mol. The number of pyridine rings is 1. The zero-order valence-electron chi connectivity index (χ0n) is 17.0. The molecule has 0 atom stereocenters. The van der Waals surface area contributed by atoms with E-state index in [1.807, 2.05) is 30.5 Å². The predicted molar refractivity (Wildman–Crippen MR) is 112 cm³/mol. The summed E-state index contributed by atoms with van der Waals surface area (Å²) in [6.45, 7) is 4.94. The highest BCUT2D eigenvalue weighted by atomic mass is 16.7. The van der Waals surface area contributed by atoms with Crippen LogP contribution in [0.1, 0.15) is 30.5 Å². The van der Waals surface area contributed by atoms with Crippen molar-refractivity contribution in [2.75, 3.05) is 13.9 Å². The van der Waals surface area contributed by atoms with Crippen molar-refractivity contribution in [1.29, 1.82) is 0 Å². The van der Waals surface area contributed by atoms with Gasteiger partial charge in [-0.1, -0.05) is 32.0 Å². The average molecular weight is 391 g/mol. The van der Waals surface area contributed by atoms with E-state index >= 15 is 0 Å². The van der Waals surface area contributed by atoms with Gasteiger partial charge in [-0.25, -0.2) is 0 Å². The molecular formula is C24H25NO4. The second-order valence-corrected chi connectivity index (χ2v) is 6.84. The molecule has 1 aromatic heterocycles. The Labute approximate surface area is 171 Å². The van der Waals surface area contributed by atoms with Crippen molar-refractivity contribution in [3.8, 4) is 34.3 Å². The summed E-state index contributed by atoms with van der Waals surface area (Å²) in [6.07, 6.45) is 3.76. The Morgan fingerprint density at radius 1 is 0.931 bits per heavy atom. The van der Waals surface area contributed by atoms with Crippen LogP contribution in [-0.2, 0) is 19.4 Å². The van der Waals surface area contributed by atoms with E-state index < -0.39 is 0 Å². The molecule has 0 spiro atoms. The molecule has 4 rings (SSSR count). The molecule has 0 fully saturated rings. The highest BCUT2D eigenvalue weighted by molar-refractivity contribution is 5.69. The zero-order valence-corrected chi connectivity index (χ0v) is 17.0. The monoisotopic (exact) mass is 391 g/mol. The standard InChI is InChI=1S/C24H25NO4/c1-4-16-7-6-8-17(5-2)24(16)20-12-22(26-3)18(13-25-20)14-27-19-9-10-21-23(11-19)29-15-28-21/h6-13H,4-5,14-15H2,1-3H3. The number of benzene rings is 2. The highest BCUT2D eigenvalue weighted by Gasteiger charge is 2.16. The van der Waals surface area contributed by atoms with Crippen molar-refractivity contribution in [3.63, 3.8) is 0 Å². The Morgan fingerprint density at radius 3 is 2.41 bits per heavy atom. The number of ether oxygens (including phenoxy) is 4. The van der Waals surface area contributed by atoms with Gasteiger partial charge in [-0.3, -0.25) is 4.98 Å². The van der Waals surface area contributed by atoms with Crippen LogP contribution in [0.3, 0.4) is 0 Å². The molecule has 0 aliphatic carbocycles. The minimum atomic E-state index is 0.247. The maximum atomic E-state index is 5.94. The fourth-order valence-corrected chi connectivity index (χ4v) is 3.60. The third-order valence-electron chi connectivity index (χ3n) is 5.16. The second-order valence-electron chi connectivity index (χ2n) is 6.84. The molecule has 2 heterocycles. The summed E-state index contributed by atoms with van der Waals surface area (Å²) in [5.74, 6) is 2.92. The van der Waals surface area contributed by atoms with Gasteiger partial charge in [0.2, 0.25) is 6.79 Å². The number of hydrogen-bond donors (Lipinski definition) is 0. The summed E-state index contributed by atoms with van der Waals surface area (Å²) < 4.78 is 22.3. The summed E-state index contributed by atoms with van der Waals surface area (Å²) in [5.41, 5.74) is 5.62. The van der Waals surface area contributed by atoms with E-state index in [0.717, 1.165) is 35.6 Å². The number of rotatable bonds is 7. The molecule has 0 radical (unpaired) electrons. The van der Waals surface area contributed by atoms with E-state index in [4.69, 9.17) is 23.9 Å². The van der Waals surface area contributed by atoms with E-state index in [0.29, 0.717) is 18.1 Å². The van der Waals surface area contributed by atoms with Gasteiger partial charge in [-0.2, -0.15) is 0 Å². The van der Waals surface area contributed by atoms with Gasteiger partial charge >= 0.3 is 0 Å². The van der Waals surface area contributed by atoms with Crippen LogP contribution in [0.4, 0.5) is 0 Å². The lowest BCUT2D eigenvalue weighted by atomic mass is 9.94. The molecule has 0 N–H and O–H groups in total. The van der Waals surface area contributed by atoms with E-state index in [1.54, 1.807) is 7.11 Å². The number of aromatic nitrogens is 1. The second kappa shape index (κ2) is 8.43. The topological polar surface area (TPSA) is 49.8 Å². The first-order valence-electron chi connectivity index (χ1n) is 9.90. The largest absolute Gasteiger partial charge is 0.496 e. The minimum Gasteiger partial charge on any atom is -0.496 e. The average Bonchev–Trinajstić information content (AvgIpc) is 3.24. The molecule has 0 amide bonds. The van der Waals surface area contributed by atoms with E-state index in [9.17, 15) is 0 Å². The Morgan fingerprint density at radius 2 is 1.69 bits per heavy atom. The van der Waals surface area contributed by atoms with Crippen molar-refractivity contribution in [1.82, 2.24) is 4.98 Å². The van der Waals surface area contributed by atoms with E-state index in [2.05, 4.69) is 32.0 Å². The molecule has 3 aromatic rings. The summed E-state index contributed by atoms with van der Waals surface area (Å²) in [6, 6.07) is 14.0. The van der Waals surface area contributed by atoms with E-state index in [-0.39, 0.29) is 6.79 Å². The molecule has 150 valence electrons. The van der Waals surface area contributed by atoms with Gasteiger partial charge in [-0.05, 0) is 36.1 Å². The molecule has 5 heteroatoms. The lowest BCUT2D eigenvalue weighted by Gasteiger charge is -2.15. The number of aryl methyl sites for hydroxylation is 2. The third-order valence-corrected chi connectivity index (χ3v) is 5.16. The van der Waals surface area contributed by atoms with Crippen molar-refractivity contribution in [2.45, 2.75) is 33.3 Å². The lowest BCUT2D eigenvalue weighted by Crippen LogP contribution is -2.02. The van der Waals surface area contributed by atoms with Gasteiger partial charge in [-0.15, -0.1) is 0 Å². The predicted octanol–water partition coefficient (Wildman–Crippen LogP) is 5.19. The molecule has 1 aliphatic rings. The van der Waals surface area contributed by atoms with Crippen molar-refractivity contribution in [3.05, 3.63) is 65.4 Å². The van der Waals surface area contributed by atoms with Crippen LogP contribution < -0.4 is 18.9 Å². The van der Waals surface area contributed by atoms with Gasteiger partial charge in [0.15, 0.2) is 11.5 Å². The van der Waals surface area contributed by atoms with Crippen LogP contribution in [0.2, 0.25) is 0 Å². The van der Waals surface area contributed by atoms with Crippen molar-refractivity contribution in [2.24, 2.45) is 0 Å². The van der Waals surface area contributed by atoms with Crippen LogP contribution in [0, 0.1) is 0 Å². The van der Waals surface area contributed by atoms with Crippen LogP contribution >= 0.6 is 0 Å². The third kappa shape index (κ3) is 3.86. The molecule has 1 aliphatic heterocycles.